The van der Waals surface area contributed by atoms with Crippen molar-refractivity contribution in [2.24, 2.45) is 4.99 Å². The summed E-state index contributed by atoms with van der Waals surface area (Å²) in [6.07, 6.45) is -5.83. The molecule has 13 heteroatoms. The molecule has 0 radical (unpaired) electrons. The molecule has 1 atom stereocenters. The Labute approximate surface area is 193 Å². The van der Waals surface area contributed by atoms with Crippen LogP contribution in [0.4, 0.5) is 29.9 Å². The third-order valence-electron chi connectivity index (χ3n) is 4.78. The van der Waals surface area contributed by atoms with Gasteiger partial charge in [0.1, 0.15) is 5.00 Å². The summed E-state index contributed by atoms with van der Waals surface area (Å²) >= 11 is 0.263. The second-order valence-corrected chi connectivity index (χ2v) is 8.10. The number of para-hydroxylation sites is 1. The van der Waals surface area contributed by atoms with Gasteiger partial charge in [0.05, 0.1) is 11.4 Å². The van der Waals surface area contributed by atoms with Crippen molar-refractivity contribution in [2.45, 2.75) is 12.3 Å². The Balaban J connectivity index is 1.48. The van der Waals surface area contributed by atoms with Crippen LogP contribution in [0.2, 0.25) is 0 Å². The number of benzene rings is 2. The van der Waals surface area contributed by atoms with E-state index in [1.54, 1.807) is 12.1 Å². The standard InChI is InChI=1S/C21H14F3N7O2S/c22-21(23,24)19-28-14(15(25)34-19)18-30-31-20(33-18)29-16-17(32)26-12-9-5-4-8-11(12)13(27-16)10-6-2-1-3-7-10/h1-9,16H,25H2,(H,26,32)(H,29,31)/t16-/m1/s1. The molecule has 9 nitrogen and oxygen atoms in total. The summed E-state index contributed by atoms with van der Waals surface area (Å²) in [4.78, 5) is 20.9. The number of amides is 1. The molecule has 0 aliphatic carbocycles. The number of aromatic nitrogens is 3. The first-order valence-electron chi connectivity index (χ1n) is 9.77. The molecule has 5 rings (SSSR count). The van der Waals surface area contributed by atoms with Gasteiger partial charge in [0, 0.05) is 11.1 Å². The predicted molar refractivity (Wildman–Crippen MR) is 119 cm³/mol. The molecular weight excluding hydrogens is 471 g/mol. The second kappa shape index (κ2) is 8.26. The van der Waals surface area contributed by atoms with Gasteiger partial charge in [0.15, 0.2) is 5.69 Å². The zero-order chi connectivity index (χ0) is 23.9. The Kier molecular flexibility index (Phi) is 5.24. The summed E-state index contributed by atoms with van der Waals surface area (Å²) in [6.45, 7) is 0. The van der Waals surface area contributed by atoms with Crippen molar-refractivity contribution in [3.8, 4) is 11.6 Å². The predicted octanol–water partition coefficient (Wildman–Crippen LogP) is 4.02. The number of nitrogens with one attached hydrogen (secondary N) is 2. The highest BCUT2D eigenvalue weighted by Gasteiger charge is 2.37. The van der Waals surface area contributed by atoms with Crippen LogP contribution < -0.4 is 16.4 Å². The number of halogens is 3. The van der Waals surface area contributed by atoms with E-state index >= 15 is 0 Å². The van der Waals surface area contributed by atoms with Crippen molar-refractivity contribution in [3.05, 3.63) is 70.7 Å². The van der Waals surface area contributed by atoms with Crippen LogP contribution in [0.15, 0.2) is 64.0 Å². The maximum absolute atomic E-state index is 12.9. The molecule has 1 amide bonds. The largest absolute Gasteiger partial charge is 0.443 e. The number of nitrogens with two attached hydrogens (primary N) is 1. The van der Waals surface area contributed by atoms with Crippen LogP contribution in [-0.2, 0) is 11.0 Å². The van der Waals surface area contributed by atoms with Crippen LogP contribution in [0.3, 0.4) is 0 Å². The third-order valence-corrected chi connectivity index (χ3v) is 5.71. The van der Waals surface area contributed by atoms with E-state index in [1.807, 2.05) is 42.5 Å². The number of rotatable bonds is 4. The summed E-state index contributed by atoms with van der Waals surface area (Å²) in [6, 6.07) is 16.2. The quantitative estimate of drug-likeness (QED) is 0.398. The fourth-order valence-corrected chi connectivity index (χ4v) is 3.97. The lowest BCUT2D eigenvalue weighted by Gasteiger charge is -2.11. The maximum atomic E-state index is 12.9. The van der Waals surface area contributed by atoms with Crippen LogP contribution in [0, 0.1) is 0 Å². The van der Waals surface area contributed by atoms with E-state index in [2.05, 4.69) is 30.8 Å². The maximum Gasteiger partial charge on any atom is 0.443 e. The molecule has 34 heavy (non-hydrogen) atoms. The van der Waals surface area contributed by atoms with Gasteiger partial charge in [0.25, 0.3) is 11.8 Å². The van der Waals surface area contributed by atoms with Crippen LogP contribution in [0.5, 0.6) is 0 Å². The number of nitrogens with zero attached hydrogens (tertiary/aromatic N) is 4. The SMILES string of the molecule is Nc1sc(C(F)(F)F)nc1-c1nnc(N[C@H]2N=C(c3ccccc3)c3ccccc3NC2=O)o1. The molecule has 3 heterocycles. The summed E-state index contributed by atoms with van der Waals surface area (Å²) in [7, 11) is 0. The minimum Gasteiger partial charge on any atom is -0.402 e. The van der Waals surface area contributed by atoms with Crippen molar-refractivity contribution in [3.63, 3.8) is 0 Å². The van der Waals surface area contributed by atoms with E-state index in [0.29, 0.717) is 17.0 Å². The normalized spacial score (nSPS) is 15.8. The highest BCUT2D eigenvalue weighted by molar-refractivity contribution is 7.16. The first-order chi connectivity index (χ1) is 16.3. The van der Waals surface area contributed by atoms with Gasteiger partial charge in [-0.25, -0.2) is 9.98 Å². The molecule has 1 aliphatic rings. The van der Waals surface area contributed by atoms with Crippen molar-refractivity contribution in [1.29, 1.82) is 0 Å². The Morgan fingerprint density at radius 2 is 1.79 bits per heavy atom. The fraction of sp³-hybridized carbons (Fsp3) is 0.0952. The van der Waals surface area contributed by atoms with Gasteiger partial charge in [-0.05, 0) is 6.07 Å². The molecule has 1 aliphatic heterocycles. The molecule has 4 aromatic rings. The summed E-state index contributed by atoms with van der Waals surface area (Å²) in [5.41, 5.74) is 7.98. The lowest BCUT2D eigenvalue weighted by molar-refractivity contribution is -0.137. The van der Waals surface area contributed by atoms with Gasteiger partial charge in [-0.1, -0.05) is 65.0 Å². The van der Waals surface area contributed by atoms with Crippen molar-refractivity contribution in [1.82, 2.24) is 15.2 Å². The number of hydrogen-bond donors (Lipinski definition) is 3. The highest BCUT2D eigenvalue weighted by Crippen LogP contribution is 2.39. The zero-order valence-electron chi connectivity index (χ0n) is 17.0. The lowest BCUT2D eigenvalue weighted by Crippen LogP contribution is -2.32. The Bertz CT molecular complexity index is 1400. The first-order valence-corrected chi connectivity index (χ1v) is 10.6. The molecule has 0 unspecified atom stereocenters. The molecule has 0 fully saturated rings. The minimum absolute atomic E-state index is 0.227. The number of thiazole rings is 1. The van der Waals surface area contributed by atoms with Crippen LogP contribution >= 0.6 is 11.3 Å². The summed E-state index contributed by atoms with van der Waals surface area (Å²) in [5.74, 6) is -0.818. The topological polar surface area (TPSA) is 131 Å². The first kappa shape index (κ1) is 21.6. The molecule has 172 valence electrons. The van der Waals surface area contributed by atoms with E-state index in [-0.39, 0.29) is 33.9 Å². The molecule has 0 saturated heterocycles. The van der Waals surface area contributed by atoms with E-state index in [4.69, 9.17) is 10.2 Å². The fourth-order valence-electron chi connectivity index (χ4n) is 3.28. The van der Waals surface area contributed by atoms with Crippen LogP contribution in [0.1, 0.15) is 16.1 Å². The molecule has 0 saturated carbocycles. The molecular formula is C21H14F3N7O2S. The Hall–Kier alpha value is -4.26. The second-order valence-electron chi connectivity index (χ2n) is 7.07. The zero-order valence-corrected chi connectivity index (χ0v) is 17.8. The van der Waals surface area contributed by atoms with E-state index in [1.165, 1.54) is 0 Å². The van der Waals surface area contributed by atoms with Crippen molar-refractivity contribution in [2.75, 3.05) is 16.4 Å². The number of aliphatic imine (C=N–C) groups is 1. The van der Waals surface area contributed by atoms with Gasteiger partial charge in [-0.3, -0.25) is 4.79 Å². The number of hydrogen-bond acceptors (Lipinski definition) is 9. The highest BCUT2D eigenvalue weighted by atomic mass is 32.1. The average molecular weight is 485 g/mol. The number of anilines is 3. The molecule has 0 bridgehead atoms. The number of alkyl halides is 3. The Morgan fingerprint density at radius 1 is 1.06 bits per heavy atom. The van der Waals surface area contributed by atoms with Crippen LogP contribution in [-0.4, -0.2) is 33.0 Å². The van der Waals surface area contributed by atoms with Crippen LogP contribution in [0.25, 0.3) is 11.6 Å². The Morgan fingerprint density at radius 3 is 2.53 bits per heavy atom. The van der Waals surface area contributed by atoms with Gasteiger partial charge in [0.2, 0.25) is 11.2 Å². The number of benzodiazepines with no additional fused rings is 1. The van der Waals surface area contributed by atoms with Gasteiger partial charge < -0.3 is 20.8 Å². The number of fused-ring (bicyclic) bond motifs is 1. The average Bonchev–Trinajstić information content (AvgIpc) is 3.40. The molecule has 0 spiro atoms. The monoisotopic (exact) mass is 485 g/mol. The van der Waals surface area contributed by atoms with Gasteiger partial charge >= 0.3 is 12.2 Å². The van der Waals surface area contributed by atoms with E-state index in [9.17, 15) is 18.0 Å². The third kappa shape index (κ3) is 4.08. The number of carbonyl (C=O) groups excluding carboxylic acids is 1. The smallest absolute Gasteiger partial charge is 0.402 e. The van der Waals surface area contributed by atoms with E-state index in [0.717, 1.165) is 5.56 Å². The number of carbonyl (C=O) groups is 1. The minimum atomic E-state index is -4.66. The molecule has 2 aromatic heterocycles. The van der Waals surface area contributed by atoms with Gasteiger partial charge in [-0.2, -0.15) is 13.2 Å². The molecule has 4 N–H and O–H groups in total. The molecule has 2 aromatic carbocycles. The lowest BCUT2D eigenvalue weighted by atomic mass is 10.0. The van der Waals surface area contributed by atoms with Crippen molar-refractivity contribution >= 4 is 39.7 Å². The summed E-state index contributed by atoms with van der Waals surface area (Å²) in [5, 5.41) is 11.6. The van der Waals surface area contributed by atoms with Crippen molar-refractivity contribution < 1.29 is 22.4 Å². The van der Waals surface area contributed by atoms with E-state index < -0.39 is 23.3 Å². The van der Waals surface area contributed by atoms with Gasteiger partial charge in [-0.15, -0.1) is 5.10 Å². The summed E-state index contributed by atoms with van der Waals surface area (Å²) < 4.78 is 44.2. The number of nitrogen functional groups attached to an aromatic ring is 1.